The molecular weight excluding hydrogens is 410 g/mol. The van der Waals surface area contributed by atoms with Gasteiger partial charge in [-0.15, -0.1) is 0 Å². The summed E-state index contributed by atoms with van der Waals surface area (Å²) in [7, 11) is 1.48. The fraction of sp³-hybridized carbons (Fsp3) is 0.286. The second-order valence-corrected chi connectivity index (χ2v) is 7.06. The summed E-state index contributed by atoms with van der Waals surface area (Å²) in [6.45, 7) is 2.53. The summed E-state index contributed by atoms with van der Waals surface area (Å²) in [6.07, 6.45) is 0.0568. The van der Waals surface area contributed by atoms with Gasteiger partial charge in [0, 0.05) is 29.2 Å². The van der Waals surface area contributed by atoms with Crippen molar-refractivity contribution in [1.82, 2.24) is 10.9 Å². The van der Waals surface area contributed by atoms with E-state index >= 15 is 0 Å². The summed E-state index contributed by atoms with van der Waals surface area (Å²) >= 11 is 5.88. The van der Waals surface area contributed by atoms with Crippen LogP contribution in [0.4, 0.5) is 5.69 Å². The maximum absolute atomic E-state index is 12.4. The smallest absolute Gasteiger partial charge is 0.269 e. The van der Waals surface area contributed by atoms with Crippen LogP contribution in [0.3, 0.4) is 0 Å². The maximum atomic E-state index is 12.4. The minimum atomic E-state index is -0.580. The normalized spacial score (nSPS) is 15.6. The molecule has 1 heterocycles. The summed E-state index contributed by atoms with van der Waals surface area (Å²) in [5.74, 6) is -0.763. The number of rotatable bonds is 6. The number of methoxy groups -OCH3 is 1. The maximum Gasteiger partial charge on any atom is 0.269 e. The number of hydrogen-bond acceptors (Lipinski definition) is 5. The molecule has 2 aromatic carbocycles. The average molecular weight is 432 g/mol. The van der Waals surface area contributed by atoms with Crippen LogP contribution >= 0.6 is 11.6 Å². The van der Waals surface area contributed by atoms with Gasteiger partial charge in [-0.2, -0.15) is 0 Å². The van der Waals surface area contributed by atoms with Crippen LogP contribution in [-0.4, -0.2) is 38.0 Å². The zero-order valence-corrected chi connectivity index (χ0v) is 17.4. The Labute approximate surface area is 179 Å². The van der Waals surface area contributed by atoms with E-state index in [1.807, 2.05) is 6.92 Å². The number of benzene rings is 2. The third-order valence-corrected chi connectivity index (χ3v) is 4.91. The highest BCUT2D eigenvalue weighted by Gasteiger charge is 2.35. The number of hydrogen-bond donors (Lipinski definition) is 2. The highest BCUT2D eigenvalue weighted by atomic mass is 35.5. The molecule has 8 nitrogen and oxygen atoms in total. The van der Waals surface area contributed by atoms with Crippen molar-refractivity contribution < 1.29 is 23.9 Å². The Hall–Kier alpha value is -3.26. The van der Waals surface area contributed by atoms with Gasteiger partial charge in [0.05, 0.1) is 19.6 Å². The average Bonchev–Trinajstić information content (AvgIpc) is 3.14. The molecule has 0 aromatic heterocycles. The van der Waals surface area contributed by atoms with Gasteiger partial charge in [-0.1, -0.05) is 11.6 Å². The molecule has 1 atom stereocenters. The van der Waals surface area contributed by atoms with E-state index in [-0.39, 0.29) is 18.9 Å². The van der Waals surface area contributed by atoms with E-state index in [1.165, 1.54) is 18.1 Å². The van der Waals surface area contributed by atoms with E-state index in [0.717, 1.165) is 0 Å². The van der Waals surface area contributed by atoms with Crippen LogP contribution in [0.1, 0.15) is 23.7 Å². The third kappa shape index (κ3) is 4.83. The highest BCUT2D eigenvalue weighted by molar-refractivity contribution is 6.30. The number of hydrazine groups is 1. The zero-order valence-electron chi connectivity index (χ0n) is 16.6. The Morgan fingerprint density at radius 2 is 1.87 bits per heavy atom. The summed E-state index contributed by atoms with van der Waals surface area (Å²) in [5.41, 5.74) is 5.73. The number of ether oxygens (including phenoxy) is 2. The Bertz CT molecular complexity index is 948. The van der Waals surface area contributed by atoms with Crippen LogP contribution < -0.4 is 25.2 Å². The van der Waals surface area contributed by atoms with Gasteiger partial charge in [0.25, 0.3) is 5.91 Å². The molecule has 0 radical (unpaired) electrons. The number of carbonyl (C=O) groups is 3. The Morgan fingerprint density at radius 3 is 2.53 bits per heavy atom. The predicted octanol–water partition coefficient (Wildman–Crippen LogP) is 2.56. The molecule has 0 saturated carbocycles. The van der Waals surface area contributed by atoms with Crippen molar-refractivity contribution in [3.05, 3.63) is 53.1 Å². The summed E-state index contributed by atoms with van der Waals surface area (Å²) < 4.78 is 10.6. The molecular formula is C21H22ClN3O5. The molecule has 1 unspecified atom stereocenters. The lowest BCUT2D eigenvalue weighted by Gasteiger charge is -2.17. The van der Waals surface area contributed by atoms with E-state index in [4.69, 9.17) is 21.1 Å². The van der Waals surface area contributed by atoms with Gasteiger partial charge in [-0.25, -0.2) is 0 Å². The molecule has 9 heteroatoms. The third-order valence-electron chi connectivity index (χ3n) is 4.66. The number of anilines is 1. The minimum absolute atomic E-state index is 0.0568. The van der Waals surface area contributed by atoms with E-state index < -0.39 is 17.7 Å². The number of nitrogens with zero attached hydrogens (tertiary/aromatic N) is 1. The van der Waals surface area contributed by atoms with Gasteiger partial charge in [0.15, 0.2) is 11.5 Å². The lowest BCUT2D eigenvalue weighted by Crippen LogP contribution is -2.45. The molecule has 2 aromatic rings. The van der Waals surface area contributed by atoms with Gasteiger partial charge < -0.3 is 14.4 Å². The van der Waals surface area contributed by atoms with Crippen LogP contribution in [0.15, 0.2) is 42.5 Å². The molecule has 1 aliphatic rings. The predicted molar refractivity (Wildman–Crippen MR) is 112 cm³/mol. The van der Waals surface area contributed by atoms with Gasteiger partial charge in [-0.3, -0.25) is 25.2 Å². The Kier molecular flexibility index (Phi) is 6.79. The number of carbonyl (C=O) groups excluding carboxylic acids is 3. The van der Waals surface area contributed by atoms with E-state index in [0.29, 0.717) is 34.4 Å². The van der Waals surface area contributed by atoms with E-state index in [9.17, 15) is 14.4 Å². The quantitative estimate of drug-likeness (QED) is 0.685. The molecule has 1 fully saturated rings. The van der Waals surface area contributed by atoms with Crippen LogP contribution in [-0.2, 0) is 9.59 Å². The summed E-state index contributed by atoms with van der Waals surface area (Å²) in [5, 5.41) is 0.563. The standard InChI is InChI=1S/C21H22ClN3O5/c1-3-30-17-9-4-13(10-18(17)29-2)20(27)23-24-21(28)14-11-19(26)25(12-14)16-7-5-15(22)6-8-16/h4-10,14H,3,11-12H2,1-2H3,(H,23,27)(H,24,28). The van der Waals surface area contributed by atoms with Crippen LogP contribution in [0, 0.1) is 5.92 Å². The van der Waals surface area contributed by atoms with Crippen molar-refractivity contribution in [1.29, 1.82) is 0 Å². The molecule has 30 heavy (non-hydrogen) atoms. The fourth-order valence-electron chi connectivity index (χ4n) is 3.13. The van der Waals surface area contributed by atoms with Crippen molar-refractivity contribution in [3.8, 4) is 11.5 Å². The molecule has 158 valence electrons. The van der Waals surface area contributed by atoms with Crippen molar-refractivity contribution in [3.63, 3.8) is 0 Å². The SMILES string of the molecule is CCOc1ccc(C(=O)NNC(=O)C2CC(=O)N(c3ccc(Cl)cc3)C2)cc1OC. The summed E-state index contributed by atoms with van der Waals surface area (Å²) in [4.78, 5) is 38.6. The Morgan fingerprint density at radius 1 is 1.13 bits per heavy atom. The van der Waals surface area contributed by atoms with Gasteiger partial charge in [-0.05, 0) is 49.4 Å². The number of nitrogens with one attached hydrogen (secondary N) is 2. The molecule has 0 bridgehead atoms. The monoisotopic (exact) mass is 431 g/mol. The molecule has 1 saturated heterocycles. The van der Waals surface area contributed by atoms with Crippen molar-refractivity contribution in [2.24, 2.45) is 5.92 Å². The lowest BCUT2D eigenvalue weighted by atomic mass is 10.1. The molecule has 0 spiro atoms. The highest BCUT2D eigenvalue weighted by Crippen LogP contribution is 2.28. The fourth-order valence-corrected chi connectivity index (χ4v) is 3.26. The first kappa shape index (κ1) is 21.4. The first-order valence-corrected chi connectivity index (χ1v) is 9.77. The molecule has 3 amide bonds. The van der Waals surface area contributed by atoms with Crippen LogP contribution in [0.2, 0.25) is 5.02 Å². The summed E-state index contributed by atoms with van der Waals surface area (Å²) in [6, 6.07) is 11.5. The van der Waals surface area contributed by atoms with Gasteiger partial charge in [0.2, 0.25) is 11.8 Å². The van der Waals surface area contributed by atoms with Crippen molar-refractivity contribution >= 4 is 35.0 Å². The Balaban J connectivity index is 1.58. The number of amides is 3. The largest absolute Gasteiger partial charge is 0.493 e. The molecule has 3 rings (SSSR count). The first-order chi connectivity index (χ1) is 14.4. The lowest BCUT2D eigenvalue weighted by molar-refractivity contribution is -0.126. The van der Waals surface area contributed by atoms with Gasteiger partial charge in [0.1, 0.15) is 0 Å². The van der Waals surface area contributed by atoms with E-state index in [2.05, 4.69) is 10.9 Å². The first-order valence-electron chi connectivity index (χ1n) is 9.40. The molecule has 2 N–H and O–H groups in total. The second-order valence-electron chi connectivity index (χ2n) is 6.62. The van der Waals surface area contributed by atoms with Crippen molar-refractivity contribution in [2.45, 2.75) is 13.3 Å². The second kappa shape index (κ2) is 9.49. The van der Waals surface area contributed by atoms with E-state index in [1.54, 1.807) is 36.4 Å². The number of halogens is 1. The van der Waals surface area contributed by atoms with Crippen LogP contribution in [0.5, 0.6) is 11.5 Å². The minimum Gasteiger partial charge on any atom is -0.493 e. The van der Waals surface area contributed by atoms with Gasteiger partial charge >= 0.3 is 0 Å². The molecule has 0 aliphatic carbocycles. The zero-order chi connectivity index (χ0) is 21.7. The van der Waals surface area contributed by atoms with Crippen molar-refractivity contribution in [2.75, 3.05) is 25.2 Å². The topological polar surface area (TPSA) is 97.0 Å². The molecule has 1 aliphatic heterocycles. The van der Waals surface area contributed by atoms with Crippen LogP contribution in [0.25, 0.3) is 0 Å².